The van der Waals surface area contributed by atoms with Crippen LogP contribution in [0.15, 0.2) is 28.9 Å². The highest BCUT2D eigenvalue weighted by molar-refractivity contribution is 5.78. The highest BCUT2D eigenvalue weighted by atomic mass is 16.3. The van der Waals surface area contributed by atoms with E-state index in [-0.39, 0.29) is 5.91 Å². The topological polar surface area (TPSA) is 74.5 Å². The molecule has 0 unspecified atom stereocenters. The Morgan fingerprint density at radius 3 is 2.88 bits per heavy atom. The number of nitrogens with zero attached hydrogens (tertiary/aromatic N) is 4. The summed E-state index contributed by atoms with van der Waals surface area (Å²) in [7, 11) is 1.98. The van der Waals surface area contributed by atoms with Crippen LogP contribution in [0.3, 0.4) is 0 Å². The lowest BCUT2D eigenvalue weighted by Crippen LogP contribution is -2.60. The predicted octanol–water partition coefficient (Wildman–Crippen LogP) is 1.12. The number of hydrogen-bond donors (Lipinski definition) is 1. The molecule has 24 heavy (non-hydrogen) atoms. The molecule has 7 heteroatoms. The lowest BCUT2D eigenvalue weighted by Gasteiger charge is -2.44. The fraction of sp³-hybridized carbons (Fsp3) is 0.471. The molecule has 1 aliphatic rings. The lowest BCUT2D eigenvalue weighted by molar-refractivity contribution is -0.122. The van der Waals surface area contributed by atoms with Crippen LogP contribution < -0.4 is 10.2 Å². The summed E-state index contributed by atoms with van der Waals surface area (Å²) in [5.41, 5.74) is 0.978. The zero-order valence-electron chi connectivity index (χ0n) is 14.3. The minimum absolute atomic E-state index is 0.000995. The number of carbonyl (C=O) groups is 1. The van der Waals surface area contributed by atoms with Gasteiger partial charge in [0, 0.05) is 30.9 Å². The zero-order valence-corrected chi connectivity index (χ0v) is 14.3. The van der Waals surface area contributed by atoms with Crippen molar-refractivity contribution in [3.63, 3.8) is 0 Å². The molecule has 3 rings (SSSR count). The van der Waals surface area contributed by atoms with Crippen molar-refractivity contribution in [2.45, 2.75) is 26.4 Å². The Morgan fingerprint density at radius 2 is 2.21 bits per heavy atom. The first-order valence-corrected chi connectivity index (χ1v) is 8.08. The minimum Gasteiger partial charge on any atom is -0.467 e. The number of anilines is 1. The van der Waals surface area contributed by atoms with Crippen molar-refractivity contribution in [1.82, 2.24) is 20.2 Å². The van der Waals surface area contributed by atoms with Gasteiger partial charge in [0.1, 0.15) is 17.4 Å². The molecule has 3 heterocycles. The fourth-order valence-electron chi connectivity index (χ4n) is 2.79. The molecule has 1 aliphatic heterocycles. The monoisotopic (exact) mass is 329 g/mol. The molecule has 0 saturated carbocycles. The van der Waals surface area contributed by atoms with Gasteiger partial charge >= 0.3 is 0 Å². The summed E-state index contributed by atoms with van der Waals surface area (Å²) in [6.45, 7) is 6.43. The van der Waals surface area contributed by atoms with Crippen molar-refractivity contribution in [3.8, 4) is 0 Å². The molecule has 1 saturated heterocycles. The van der Waals surface area contributed by atoms with Crippen molar-refractivity contribution < 1.29 is 9.21 Å². The van der Waals surface area contributed by atoms with Gasteiger partial charge in [0.15, 0.2) is 0 Å². The molecular formula is C17H23N5O2. The first-order valence-electron chi connectivity index (χ1n) is 8.08. The maximum absolute atomic E-state index is 12.0. The molecule has 2 aromatic heterocycles. The quantitative estimate of drug-likeness (QED) is 0.856. The second-order valence-corrected chi connectivity index (χ2v) is 6.24. The Morgan fingerprint density at radius 1 is 1.42 bits per heavy atom. The normalized spacial score (nSPS) is 14.8. The van der Waals surface area contributed by atoms with Crippen LogP contribution in [-0.2, 0) is 11.3 Å². The SMILES string of the molecule is Cc1cc(N2CC(N(C)CC(=O)NCc3ccco3)C2)nc(C)n1. The Bertz CT molecular complexity index is 675. The summed E-state index contributed by atoms with van der Waals surface area (Å²) in [6.07, 6.45) is 1.60. The molecule has 1 fully saturated rings. The molecule has 7 nitrogen and oxygen atoms in total. The number of nitrogens with one attached hydrogen (secondary N) is 1. The molecule has 0 aliphatic carbocycles. The van der Waals surface area contributed by atoms with E-state index >= 15 is 0 Å². The van der Waals surface area contributed by atoms with Crippen molar-refractivity contribution in [1.29, 1.82) is 0 Å². The van der Waals surface area contributed by atoms with Gasteiger partial charge in [-0.25, -0.2) is 9.97 Å². The summed E-state index contributed by atoms with van der Waals surface area (Å²) in [5.74, 6) is 2.52. The van der Waals surface area contributed by atoms with E-state index in [0.717, 1.165) is 36.2 Å². The van der Waals surface area contributed by atoms with Crippen molar-refractivity contribution in [2.75, 3.05) is 31.6 Å². The Balaban J connectivity index is 1.44. The number of carbonyl (C=O) groups excluding carboxylic acids is 1. The lowest BCUT2D eigenvalue weighted by atomic mass is 10.1. The number of aryl methyl sites for hydroxylation is 2. The standard InChI is InChI=1S/C17H23N5O2/c1-12-7-16(20-13(2)19-12)22-9-14(10-22)21(3)11-17(23)18-8-15-5-4-6-24-15/h4-7,14H,8-11H2,1-3H3,(H,18,23). The van der Waals surface area contributed by atoms with Gasteiger partial charge in [-0.1, -0.05) is 0 Å². The number of furan rings is 1. The molecule has 0 radical (unpaired) electrons. The Labute approximate surface area is 141 Å². The zero-order chi connectivity index (χ0) is 17.1. The van der Waals surface area contributed by atoms with Gasteiger partial charge in [-0.05, 0) is 33.0 Å². The third kappa shape index (κ3) is 3.91. The Kier molecular flexibility index (Phi) is 4.80. The van der Waals surface area contributed by atoms with Gasteiger partial charge in [0.2, 0.25) is 5.91 Å². The van der Waals surface area contributed by atoms with E-state index in [9.17, 15) is 4.79 Å². The van der Waals surface area contributed by atoms with Gasteiger partial charge in [-0.3, -0.25) is 9.69 Å². The maximum atomic E-state index is 12.0. The van der Waals surface area contributed by atoms with E-state index in [1.807, 2.05) is 39.1 Å². The second kappa shape index (κ2) is 7.00. The Hall–Kier alpha value is -2.41. The summed E-state index contributed by atoms with van der Waals surface area (Å²) in [4.78, 5) is 25.1. The van der Waals surface area contributed by atoms with Crippen LogP contribution in [0, 0.1) is 13.8 Å². The highest BCUT2D eigenvalue weighted by Gasteiger charge is 2.31. The number of amides is 1. The number of aromatic nitrogens is 2. The van der Waals surface area contributed by atoms with E-state index in [4.69, 9.17) is 4.42 Å². The summed E-state index contributed by atoms with van der Waals surface area (Å²) >= 11 is 0. The third-order valence-corrected chi connectivity index (χ3v) is 4.20. The first-order chi connectivity index (χ1) is 11.5. The van der Waals surface area contributed by atoms with Gasteiger partial charge in [0.25, 0.3) is 0 Å². The number of rotatable bonds is 6. The third-order valence-electron chi connectivity index (χ3n) is 4.20. The van der Waals surface area contributed by atoms with E-state index in [2.05, 4.69) is 25.1 Å². The van der Waals surface area contributed by atoms with E-state index in [0.29, 0.717) is 19.1 Å². The van der Waals surface area contributed by atoms with Crippen LogP contribution in [0.2, 0.25) is 0 Å². The largest absolute Gasteiger partial charge is 0.467 e. The van der Waals surface area contributed by atoms with Gasteiger partial charge < -0.3 is 14.6 Å². The van der Waals surface area contributed by atoms with Crippen LogP contribution in [0.1, 0.15) is 17.3 Å². The molecule has 0 bridgehead atoms. The molecule has 128 valence electrons. The molecule has 2 aromatic rings. The van der Waals surface area contributed by atoms with Crippen LogP contribution >= 0.6 is 0 Å². The molecule has 1 N–H and O–H groups in total. The number of hydrogen-bond acceptors (Lipinski definition) is 6. The highest BCUT2D eigenvalue weighted by Crippen LogP contribution is 2.21. The smallest absolute Gasteiger partial charge is 0.234 e. The van der Waals surface area contributed by atoms with Crippen LogP contribution in [0.5, 0.6) is 0 Å². The van der Waals surface area contributed by atoms with Crippen molar-refractivity contribution in [3.05, 3.63) is 41.7 Å². The van der Waals surface area contributed by atoms with Crippen LogP contribution in [-0.4, -0.2) is 53.5 Å². The second-order valence-electron chi connectivity index (χ2n) is 6.24. The number of likely N-dealkylation sites (N-methyl/N-ethyl adjacent to an activating group) is 1. The predicted molar refractivity (Wildman–Crippen MR) is 90.7 cm³/mol. The average molecular weight is 329 g/mol. The van der Waals surface area contributed by atoms with Gasteiger partial charge in [-0.2, -0.15) is 0 Å². The van der Waals surface area contributed by atoms with Crippen LogP contribution in [0.25, 0.3) is 0 Å². The minimum atomic E-state index is 0.000995. The van der Waals surface area contributed by atoms with E-state index in [1.54, 1.807) is 6.26 Å². The molecular weight excluding hydrogens is 306 g/mol. The fourth-order valence-corrected chi connectivity index (χ4v) is 2.79. The maximum Gasteiger partial charge on any atom is 0.234 e. The van der Waals surface area contributed by atoms with Crippen LogP contribution in [0.4, 0.5) is 5.82 Å². The van der Waals surface area contributed by atoms with Gasteiger partial charge in [-0.15, -0.1) is 0 Å². The summed E-state index contributed by atoms with van der Waals surface area (Å²) in [5, 5.41) is 2.87. The molecule has 0 aromatic carbocycles. The van der Waals surface area contributed by atoms with E-state index in [1.165, 1.54) is 0 Å². The van der Waals surface area contributed by atoms with E-state index < -0.39 is 0 Å². The molecule has 1 amide bonds. The molecule has 0 atom stereocenters. The first kappa shape index (κ1) is 16.4. The summed E-state index contributed by atoms with van der Waals surface area (Å²) < 4.78 is 5.20. The van der Waals surface area contributed by atoms with Crippen molar-refractivity contribution in [2.24, 2.45) is 0 Å². The molecule has 0 spiro atoms. The average Bonchev–Trinajstić information content (AvgIpc) is 2.95. The summed E-state index contributed by atoms with van der Waals surface area (Å²) in [6, 6.07) is 6.02. The van der Waals surface area contributed by atoms with Crippen molar-refractivity contribution >= 4 is 11.7 Å². The van der Waals surface area contributed by atoms with Gasteiger partial charge in [0.05, 0.1) is 19.4 Å².